The number of rotatable bonds is 3. The minimum atomic E-state index is -0.293. The molecule has 0 aliphatic carbocycles. The van der Waals surface area contributed by atoms with Crippen LogP contribution in [0.5, 0.6) is 0 Å². The van der Waals surface area contributed by atoms with Crippen LogP contribution in [0.1, 0.15) is 18.8 Å². The van der Waals surface area contributed by atoms with Crippen molar-refractivity contribution in [3.05, 3.63) is 18.0 Å². The zero-order valence-electron chi connectivity index (χ0n) is 8.02. The average molecular weight is 217 g/mol. The lowest BCUT2D eigenvalue weighted by molar-refractivity contribution is -0.0567. The van der Waals surface area contributed by atoms with Crippen LogP contribution in [0.2, 0.25) is 0 Å². The molecule has 0 amide bonds. The van der Waals surface area contributed by atoms with E-state index in [-0.39, 0.29) is 12.4 Å². The fourth-order valence-electron chi connectivity index (χ4n) is 1.38. The molecule has 14 heavy (non-hydrogen) atoms. The molecule has 1 aliphatic rings. The maximum absolute atomic E-state index is 5.67. The molecule has 1 aromatic heterocycles. The average Bonchev–Trinajstić information content (AvgIpc) is 2.86. The summed E-state index contributed by atoms with van der Waals surface area (Å²) in [6.45, 7) is 3.45. The molecule has 5 heteroatoms. The first kappa shape index (κ1) is 9.96. The molecule has 0 radical (unpaired) electrons. The van der Waals surface area contributed by atoms with Gasteiger partial charge in [0.15, 0.2) is 6.29 Å². The minimum Gasteiger partial charge on any atom is -0.346 e. The predicted molar refractivity (Wildman–Crippen MR) is 52.2 cm³/mol. The van der Waals surface area contributed by atoms with Crippen LogP contribution >= 0.6 is 11.6 Å². The van der Waals surface area contributed by atoms with E-state index in [1.54, 1.807) is 6.20 Å². The molecule has 2 heterocycles. The van der Waals surface area contributed by atoms with E-state index < -0.39 is 0 Å². The van der Waals surface area contributed by atoms with Crippen molar-refractivity contribution in [2.24, 2.45) is 0 Å². The number of alkyl halides is 1. The molecule has 0 N–H and O–H groups in total. The van der Waals surface area contributed by atoms with Gasteiger partial charge in [0.1, 0.15) is 0 Å². The molecule has 1 aliphatic heterocycles. The third-order valence-electron chi connectivity index (χ3n) is 2.17. The Balaban J connectivity index is 2.02. The summed E-state index contributed by atoms with van der Waals surface area (Å²) >= 11 is 5.67. The Labute approximate surface area is 87.8 Å². The Morgan fingerprint density at radius 1 is 1.71 bits per heavy atom. The molecule has 1 saturated heterocycles. The largest absolute Gasteiger partial charge is 0.346 e. The Morgan fingerprint density at radius 3 is 3.14 bits per heavy atom. The fourth-order valence-corrected chi connectivity index (χ4v) is 1.54. The van der Waals surface area contributed by atoms with Crippen LogP contribution in [0.15, 0.2) is 12.4 Å². The van der Waals surface area contributed by atoms with E-state index in [9.17, 15) is 0 Å². The number of hydrogen-bond acceptors (Lipinski definition) is 3. The molecule has 0 saturated carbocycles. The van der Waals surface area contributed by atoms with Crippen LogP contribution in [-0.4, -0.2) is 28.4 Å². The highest BCUT2D eigenvalue weighted by atomic mass is 35.5. The minimum absolute atomic E-state index is 0.00615. The van der Waals surface area contributed by atoms with Gasteiger partial charge in [-0.2, -0.15) is 5.10 Å². The second-order valence-electron chi connectivity index (χ2n) is 3.21. The number of aryl methyl sites for hydroxylation is 1. The second-order valence-corrected chi connectivity index (χ2v) is 3.52. The number of halogens is 1. The Hall–Kier alpha value is -0.580. The standard InChI is InChI=1S/C9H13ClN2O2/c1-2-12-5-7(4-11-12)9-13-6-8(3-10)14-9/h4-5,8-9H,2-3,6H2,1H3. The molecule has 0 spiro atoms. The molecule has 4 nitrogen and oxygen atoms in total. The van der Waals surface area contributed by atoms with Crippen molar-refractivity contribution in [1.82, 2.24) is 9.78 Å². The molecule has 1 fully saturated rings. The summed E-state index contributed by atoms with van der Waals surface area (Å²) < 4.78 is 12.8. The first-order chi connectivity index (χ1) is 6.83. The lowest BCUT2D eigenvalue weighted by Crippen LogP contribution is -2.10. The summed E-state index contributed by atoms with van der Waals surface area (Å²) in [6, 6.07) is 0. The molecule has 2 rings (SSSR count). The van der Waals surface area contributed by atoms with Gasteiger partial charge in [0.2, 0.25) is 0 Å². The maximum atomic E-state index is 5.67. The molecule has 78 valence electrons. The summed E-state index contributed by atoms with van der Waals surface area (Å²) in [4.78, 5) is 0. The fraction of sp³-hybridized carbons (Fsp3) is 0.667. The van der Waals surface area contributed by atoms with E-state index in [1.165, 1.54) is 0 Å². The second kappa shape index (κ2) is 4.29. The van der Waals surface area contributed by atoms with Crippen molar-refractivity contribution in [3.63, 3.8) is 0 Å². The van der Waals surface area contributed by atoms with Crippen molar-refractivity contribution < 1.29 is 9.47 Å². The highest BCUT2D eigenvalue weighted by Crippen LogP contribution is 2.26. The van der Waals surface area contributed by atoms with Gasteiger partial charge >= 0.3 is 0 Å². The van der Waals surface area contributed by atoms with Gasteiger partial charge < -0.3 is 9.47 Å². The Morgan fingerprint density at radius 2 is 2.57 bits per heavy atom. The van der Waals surface area contributed by atoms with Gasteiger partial charge in [-0.15, -0.1) is 11.6 Å². The van der Waals surface area contributed by atoms with Crippen LogP contribution < -0.4 is 0 Å². The summed E-state index contributed by atoms with van der Waals surface area (Å²) in [6.07, 6.45) is 3.41. The van der Waals surface area contributed by atoms with Gasteiger partial charge in [-0.25, -0.2) is 0 Å². The molecular formula is C9H13ClN2O2. The highest BCUT2D eigenvalue weighted by molar-refractivity contribution is 6.18. The predicted octanol–water partition coefficient (Wildman–Crippen LogP) is 1.56. The SMILES string of the molecule is CCn1cc(C2OCC(CCl)O2)cn1. The summed E-state index contributed by atoms with van der Waals surface area (Å²) in [5.74, 6) is 0.471. The van der Waals surface area contributed by atoms with Gasteiger partial charge in [-0.3, -0.25) is 4.68 Å². The van der Waals surface area contributed by atoms with Gasteiger partial charge in [-0.1, -0.05) is 0 Å². The van der Waals surface area contributed by atoms with Crippen LogP contribution in [0.3, 0.4) is 0 Å². The third kappa shape index (κ3) is 1.92. The van der Waals surface area contributed by atoms with E-state index in [0.717, 1.165) is 12.1 Å². The highest BCUT2D eigenvalue weighted by Gasteiger charge is 2.27. The van der Waals surface area contributed by atoms with Gasteiger partial charge in [-0.05, 0) is 6.92 Å². The van der Waals surface area contributed by atoms with Crippen LogP contribution in [0.4, 0.5) is 0 Å². The molecule has 0 aromatic carbocycles. The molecule has 0 bridgehead atoms. The summed E-state index contributed by atoms with van der Waals surface area (Å²) in [5.41, 5.74) is 0.958. The number of aromatic nitrogens is 2. The van der Waals surface area contributed by atoms with Crippen molar-refractivity contribution in [1.29, 1.82) is 0 Å². The first-order valence-corrected chi connectivity index (χ1v) is 5.22. The van der Waals surface area contributed by atoms with Crippen molar-refractivity contribution in [2.45, 2.75) is 25.9 Å². The van der Waals surface area contributed by atoms with Crippen LogP contribution in [0, 0.1) is 0 Å². The van der Waals surface area contributed by atoms with E-state index in [1.807, 2.05) is 17.8 Å². The Kier molecular flexibility index (Phi) is 3.05. The van der Waals surface area contributed by atoms with Crippen LogP contribution in [0.25, 0.3) is 0 Å². The monoisotopic (exact) mass is 216 g/mol. The first-order valence-electron chi connectivity index (χ1n) is 4.69. The zero-order chi connectivity index (χ0) is 9.97. The van der Waals surface area contributed by atoms with Crippen molar-refractivity contribution >= 4 is 11.6 Å². The maximum Gasteiger partial charge on any atom is 0.187 e. The quantitative estimate of drug-likeness (QED) is 0.720. The normalized spacial score (nSPS) is 27.0. The van der Waals surface area contributed by atoms with Gasteiger partial charge in [0.05, 0.1) is 24.8 Å². The zero-order valence-corrected chi connectivity index (χ0v) is 8.78. The van der Waals surface area contributed by atoms with Crippen LogP contribution in [-0.2, 0) is 16.0 Å². The molecular weight excluding hydrogens is 204 g/mol. The van der Waals surface area contributed by atoms with E-state index in [2.05, 4.69) is 5.10 Å². The van der Waals surface area contributed by atoms with Crippen molar-refractivity contribution in [2.75, 3.05) is 12.5 Å². The van der Waals surface area contributed by atoms with Gasteiger partial charge in [0.25, 0.3) is 0 Å². The number of ether oxygens (including phenoxy) is 2. The van der Waals surface area contributed by atoms with Gasteiger partial charge in [0, 0.05) is 18.3 Å². The summed E-state index contributed by atoms with van der Waals surface area (Å²) in [5, 5.41) is 4.15. The number of nitrogens with zero attached hydrogens (tertiary/aromatic N) is 2. The number of hydrogen-bond donors (Lipinski definition) is 0. The van der Waals surface area contributed by atoms with E-state index in [0.29, 0.717) is 12.5 Å². The van der Waals surface area contributed by atoms with E-state index >= 15 is 0 Å². The lowest BCUT2D eigenvalue weighted by atomic mass is 10.3. The molecule has 2 atom stereocenters. The summed E-state index contributed by atoms with van der Waals surface area (Å²) in [7, 11) is 0. The lowest BCUT2D eigenvalue weighted by Gasteiger charge is -2.06. The van der Waals surface area contributed by atoms with E-state index in [4.69, 9.17) is 21.1 Å². The third-order valence-corrected chi connectivity index (χ3v) is 2.52. The molecule has 2 unspecified atom stereocenters. The topological polar surface area (TPSA) is 36.3 Å². The smallest absolute Gasteiger partial charge is 0.187 e. The molecule has 1 aromatic rings. The Bertz CT molecular complexity index is 303. The van der Waals surface area contributed by atoms with Crippen molar-refractivity contribution in [3.8, 4) is 0 Å².